The molecule has 0 bridgehead atoms. The van der Waals surface area contributed by atoms with Crippen LogP contribution in [0.5, 0.6) is 0 Å². The minimum Gasteiger partial charge on any atom is -0.480 e. The molecule has 1 atom stereocenters. The number of amides is 2. The van der Waals surface area contributed by atoms with Gasteiger partial charge in [-0.2, -0.15) is 0 Å². The molecule has 2 rings (SSSR count). The third kappa shape index (κ3) is 4.83. The second-order valence-electron chi connectivity index (χ2n) is 7.03. The van der Waals surface area contributed by atoms with E-state index in [-0.39, 0.29) is 24.7 Å². The Labute approximate surface area is 145 Å². The van der Waals surface area contributed by atoms with Crippen molar-refractivity contribution in [2.75, 3.05) is 39.8 Å². The van der Waals surface area contributed by atoms with E-state index < -0.39 is 5.97 Å². The van der Waals surface area contributed by atoms with E-state index >= 15 is 0 Å². The molecule has 7 nitrogen and oxygen atoms in total. The molecule has 0 radical (unpaired) electrons. The van der Waals surface area contributed by atoms with Crippen molar-refractivity contribution in [2.24, 2.45) is 0 Å². The highest BCUT2D eigenvalue weighted by Gasteiger charge is 2.35. The molecule has 1 unspecified atom stereocenters. The maximum atomic E-state index is 12.3. The highest BCUT2D eigenvalue weighted by Crippen LogP contribution is 2.26. The van der Waals surface area contributed by atoms with E-state index in [1.807, 2.05) is 18.9 Å². The second kappa shape index (κ2) is 8.67. The summed E-state index contributed by atoms with van der Waals surface area (Å²) in [5.41, 5.74) is 0. The van der Waals surface area contributed by atoms with Gasteiger partial charge >= 0.3 is 12.0 Å². The van der Waals surface area contributed by atoms with Crippen LogP contribution in [0.3, 0.4) is 0 Å². The molecule has 1 aliphatic heterocycles. The Kier molecular flexibility index (Phi) is 6.86. The van der Waals surface area contributed by atoms with Crippen molar-refractivity contribution in [3.63, 3.8) is 0 Å². The molecule has 0 aromatic rings. The lowest BCUT2D eigenvalue weighted by molar-refractivity contribution is -0.139. The molecule has 1 saturated heterocycles. The molecule has 7 heteroatoms. The first-order valence-electron chi connectivity index (χ1n) is 9.16. The number of carboxylic acids is 1. The molecule has 2 N–H and O–H groups in total. The van der Waals surface area contributed by atoms with Crippen LogP contribution in [-0.4, -0.2) is 89.7 Å². The molecule has 1 saturated carbocycles. The van der Waals surface area contributed by atoms with Gasteiger partial charge in [0.05, 0.1) is 6.54 Å². The lowest BCUT2D eigenvalue weighted by atomic mass is 9.85. The second-order valence-corrected chi connectivity index (χ2v) is 7.03. The van der Waals surface area contributed by atoms with Crippen molar-refractivity contribution in [3.05, 3.63) is 0 Å². The monoisotopic (exact) mass is 340 g/mol. The molecule has 2 aliphatic rings. The van der Waals surface area contributed by atoms with Gasteiger partial charge in [0.1, 0.15) is 0 Å². The van der Waals surface area contributed by atoms with Gasteiger partial charge in [-0.1, -0.05) is 13.8 Å². The lowest BCUT2D eigenvalue weighted by Crippen LogP contribution is -2.57. The number of nitrogens with zero attached hydrogens (tertiary/aromatic N) is 3. The van der Waals surface area contributed by atoms with Crippen molar-refractivity contribution in [3.8, 4) is 0 Å². The Morgan fingerprint density at radius 3 is 2.58 bits per heavy atom. The first kappa shape index (κ1) is 19.0. The third-order valence-electron chi connectivity index (χ3n) is 5.44. The van der Waals surface area contributed by atoms with Crippen molar-refractivity contribution < 1.29 is 14.7 Å². The molecule has 2 amide bonds. The van der Waals surface area contributed by atoms with E-state index in [0.717, 1.165) is 45.4 Å². The van der Waals surface area contributed by atoms with Gasteiger partial charge < -0.3 is 15.3 Å². The maximum absolute atomic E-state index is 12.3. The summed E-state index contributed by atoms with van der Waals surface area (Å²) in [6.07, 6.45) is 4.06. The molecule has 24 heavy (non-hydrogen) atoms. The van der Waals surface area contributed by atoms with Gasteiger partial charge in [0.2, 0.25) is 0 Å². The quantitative estimate of drug-likeness (QED) is 0.691. The predicted molar refractivity (Wildman–Crippen MR) is 93.1 cm³/mol. The molecule has 0 aromatic carbocycles. The summed E-state index contributed by atoms with van der Waals surface area (Å²) in [5.74, 6) is -0.791. The first-order valence-corrected chi connectivity index (χ1v) is 9.16. The zero-order valence-electron chi connectivity index (χ0n) is 15.2. The van der Waals surface area contributed by atoms with Crippen LogP contribution in [0.25, 0.3) is 0 Å². The number of nitrogens with one attached hydrogen (secondary N) is 1. The highest BCUT2D eigenvalue weighted by atomic mass is 16.4. The fourth-order valence-corrected chi connectivity index (χ4v) is 3.88. The Balaban J connectivity index is 1.71. The van der Waals surface area contributed by atoms with E-state index in [0.29, 0.717) is 6.04 Å². The Bertz CT molecular complexity index is 440. The molecule has 138 valence electrons. The van der Waals surface area contributed by atoms with Crippen LogP contribution in [0.2, 0.25) is 0 Å². The molecule has 1 heterocycles. The number of carbonyl (C=O) groups excluding carboxylic acids is 1. The predicted octanol–water partition coefficient (Wildman–Crippen LogP) is 1.05. The lowest BCUT2D eigenvalue weighted by Gasteiger charge is -2.42. The number of likely N-dealkylation sites (N-methyl/N-ethyl adjacent to an activating group) is 3. The van der Waals surface area contributed by atoms with Crippen LogP contribution in [-0.2, 0) is 4.79 Å². The van der Waals surface area contributed by atoms with Gasteiger partial charge in [0.25, 0.3) is 0 Å². The minimum atomic E-state index is -0.791. The number of likely N-dealkylation sites (tertiary alicyclic amines) is 1. The van der Waals surface area contributed by atoms with Gasteiger partial charge in [-0.05, 0) is 45.3 Å². The number of carbonyl (C=O) groups is 2. The number of urea groups is 1. The van der Waals surface area contributed by atoms with Crippen LogP contribution in [0.1, 0.15) is 39.5 Å². The van der Waals surface area contributed by atoms with E-state index in [2.05, 4.69) is 17.1 Å². The van der Waals surface area contributed by atoms with Crippen LogP contribution in [0.15, 0.2) is 0 Å². The summed E-state index contributed by atoms with van der Waals surface area (Å²) in [7, 11) is 1.86. The Morgan fingerprint density at radius 2 is 2.00 bits per heavy atom. The fraction of sp³-hybridized carbons (Fsp3) is 0.882. The van der Waals surface area contributed by atoms with E-state index in [9.17, 15) is 9.59 Å². The molecule has 2 fully saturated rings. The maximum Gasteiger partial charge on any atom is 0.317 e. The average molecular weight is 340 g/mol. The van der Waals surface area contributed by atoms with E-state index in [1.165, 1.54) is 6.42 Å². The van der Waals surface area contributed by atoms with E-state index in [4.69, 9.17) is 5.11 Å². The number of hydrogen-bond acceptors (Lipinski definition) is 4. The third-order valence-corrected chi connectivity index (χ3v) is 5.44. The van der Waals surface area contributed by atoms with Gasteiger partial charge in [-0.3, -0.25) is 14.6 Å². The van der Waals surface area contributed by atoms with Crippen molar-refractivity contribution in [1.29, 1.82) is 0 Å². The summed E-state index contributed by atoms with van der Waals surface area (Å²) in [4.78, 5) is 29.4. The fourth-order valence-electron chi connectivity index (χ4n) is 3.88. The number of carboxylic acid groups (broad SMARTS) is 1. The number of rotatable bonds is 8. The largest absolute Gasteiger partial charge is 0.480 e. The number of aliphatic carboxylic acids is 1. The number of hydrogen-bond donors (Lipinski definition) is 2. The Hall–Kier alpha value is -1.34. The molecule has 1 aliphatic carbocycles. The zero-order valence-corrected chi connectivity index (χ0v) is 15.2. The van der Waals surface area contributed by atoms with Crippen molar-refractivity contribution in [2.45, 2.75) is 57.7 Å². The first-order chi connectivity index (χ1) is 11.4. The van der Waals surface area contributed by atoms with Gasteiger partial charge in [0.15, 0.2) is 0 Å². The summed E-state index contributed by atoms with van der Waals surface area (Å²) in [5, 5.41) is 12.0. The zero-order chi connectivity index (χ0) is 17.7. The SMILES string of the molecule is CCN1CCCC1CN(C)C(=O)NC1CC(N(CC)CC(=O)O)C1. The standard InChI is InChI=1S/C17H32N4O3/c1-4-20-8-6-7-14(20)11-19(3)17(24)18-13-9-15(10-13)21(5-2)12-16(22)23/h13-15H,4-12H2,1-3H3,(H,18,24)(H,22,23). The highest BCUT2D eigenvalue weighted by molar-refractivity contribution is 5.74. The summed E-state index contributed by atoms with van der Waals surface area (Å²) < 4.78 is 0. The Morgan fingerprint density at radius 1 is 1.29 bits per heavy atom. The molecule has 0 spiro atoms. The van der Waals surface area contributed by atoms with Gasteiger partial charge in [0, 0.05) is 31.7 Å². The molecular formula is C17H32N4O3. The minimum absolute atomic E-state index is 0.0114. The van der Waals surface area contributed by atoms with Crippen LogP contribution in [0.4, 0.5) is 4.79 Å². The summed E-state index contributed by atoms with van der Waals surface area (Å²) in [6.45, 7) is 7.91. The van der Waals surface area contributed by atoms with Crippen LogP contribution >= 0.6 is 0 Å². The summed E-state index contributed by atoms with van der Waals surface area (Å²) in [6, 6.07) is 0.902. The van der Waals surface area contributed by atoms with Crippen LogP contribution in [0, 0.1) is 0 Å². The van der Waals surface area contributed by atoms with Crippen LogP contribution < -0.4 is 5.32 Å². The topological polar surface area (TPSA) is 76.1 Å². The van der Waals surface area contributed by atoms with E-state index in [1.54, 1.807) is 4.90 Å². The molecular weight excluding hydrogens is 308 g/mol. The van der Waals surface area contributed by atoms with Crippen molar-refractivity contribution >= 4 is 12.0 Å². The van der Waals surface area contributed by atoms with Gasteiger partial charge in [-0.15, -0.1) is 0 Å². The van der Waals surface area contributed by atoms with Gasteiger partial charge in [-0.25, -0.2) is 4.79 Å². The smallest absolute Gasteiger partial charge is 0.317 e. The normalized spacial score (nSPS) is 27.1. The summed E-state index contributed by atoms with van der Waals surface area (Å²) >= 11 is 0. The molecule has 0 aromatic heterocycles. The average Bonchev–Trinajstić information content (AvgIpc) is 2.95. The van der Waals surface area contributed by atoms with Crippen molar-refractivity contribution in [1.82, 2.24) is 20.0 Å².